The Labute approximate surface area is 125 Å². The third kappa shape index (κ3) is 1.80. The predicted molar refractivity (Wildman–Crippen MR) is 75.9 cm³/mol. The smallest absolute Gasteiger partial charge is 0.296 e. The number of likely N-dealkylation sites (N-methyl/N-ethyl adjacent to an activating group) is 1. The van der Waals surface area contributed by atoms with E-state index in [9.17, 15) is 14.4 Å². The molecule has 3 heterocycles. The van der Waals surface area contributed by atoms with E-state index in [0.717, 1.165) is 23.4 Å². The number of hydrogen-bond donors (Lipinski definition) is 0. The molecule has 1 saturated heterocycles. The number of hydrogen-bond acceptors (Lipinski definition) is 5. The number of imide groups is 1. The molecular weight excluding hydrogens is 286 g/mol. The van der Waals surface area contributed by atoms with Gasteiger partial charge in [0.2, 0.25) is 5.91 Å². The highest BCUT2D eigenvalue weighted by molar-refractivity contribution is 6.13. The van der Waals surface area contributed by atoms with E-state index >= 15 is 0 Å². The number of nitrogens with zero attached hydrogens (tertiary/aromatic N) is 5. The second kappa shape index (κ2) is 4.36. The van der Waals surface area contributed by atoms with Crippen LogP contribution in [0, 0.1) is 0 Å². The van der Waals surface area contributed by atoms with Crippen LogP contribution in [-0.4, -0.2) is 51.3 Å². The monoisotopic (exact) mass is 299 g/mol. The van der Waals surface area contributed by atoms with Crippen molar-refractivity contribution < 1.29 is 14.4 Å². The van der Waals surface area contributed by atoms with E-state index in [-0.39, 0.29) is 18.1 Å². The highest BCUT2D eigenvalue weighted by atomic mass is 16.2. The van der Waals surface area contributed by atoms with E-state index in [4.69, 9.17) is 0 Å². The molecule has 22 heavy (non-hydrogen) atoms. The second-order valence-electron chi connectivity index (χ2n) is 5.60. The van der Waals surface area contributed by atoms with Gasteiger partial charge in [-0.25, -0.2) is 14.3 Å². The van der Waals surface area contributed by atoms with Crippen molar-refractivity contribution in [3.8, 4) is 0 Å². The number of carbonyl (C=O) groups is 3. The molecule has 0 bridgehead atoms. The number of anilines is 1. The molecule has 8 nitrogen and oxygen atoms in total. The average molecular weight is 299 g/mol. The molecule has 0 aromatic carbocycles. The molecule has 112 valence electrons. The van der Waals surface area contributed by atoms with Gasteiger partial charge in [0.15, 0.2) is 11.9 Å². The van der Waals surface area contributed by atoms with Gasteiger partial charge in [0.1, 0.15) is 12.2 Å². The number of rotatable bonds is 3. The summed E-state index contributed by atoms with van der Waals surface area (Å²) in [7, 11) is 1.45. The fourth-order valence-corrected chi connectivity index (χ4v) is 2.62. The Morgan fingerprint density at radius 3 is 2.68 bits per heavy atom. The van der Waals surface area contributed by atoms with Crippen LogP contribution >= 0.6 is 0 Å². The van der Waals surface area contributed by atoms with Crippen molar-refractivity contribution in [1.29, 1.82) is 0 Å². The molecule has 0 radical (unpaired) electrons. The molecule has 0 spiro atoms. The largest absolute Gasteiger partial charge is 0.331 e. The molecule has 0 N–H and O–H groups in total. The minimum atomic E-state index is -0.393. The molecular formula is C14H13N5O3. The number of imidazole rings is 1. The third-order valence-electron chi connectivity index (χ3n) is 4.04. The average Bonchev–Trinajstić information content (AvgIpc) is 3.23. The van der Waals surface area contributed by atoms with E-state index in [2.05, 4.69) is 10.1 Å². The Morgan fingerprint density at radius 2 is 2.09 bits per heavy atom. The summed E-state index contributed by atoms with van der Waals surface area (Å²) < 4.78 is 1.52. The SMILES string of the molecule is CN1C(=O)CN(c2cc(C3CC3)nn3cc(C=O)nc23)C1=O. The Balaban J connectivity index is 1.91. The standard InChI is InChI=1S/C14H13N5O3/c1-17-12(21)6-18(14(17)22)11-4-10(8-2-3-8)16-19-5-9(7-20)15-13(11)19/h4-5,7-8H,2-3,6H2,1H3. The summed E-state index contributed by atoms with van der Waals surface area (Å²) in [6.07, 6.45) is 4.28. The van der Waals surface area contributed by atoms with E-state index in [1.165, 1.54) is 22.7 Å². The lowest BCUT2D eigenvalue weighted by molar-refractivity contribution is -0.123. The fourth-order valence-electron chi connectivity index (χ4n) is 2.62. The van der Waals surface area contributed by atoms with Gasteiger partial charge in [0.25, 0.3) is 0 Å². The lowest BCUT2D eigenvalue weighted by Gasteiger charge is -2.16. The molecule has 0 atom stereocenters. The van der Waals surface area contributed by atoms with E-state index in [0.29, 0.717) is 23.5 Å². The minimum Gasteiger partial charge on any atom is -0.296 e. The maximum absolute atomic E-state index is 12.2. The van der Waals surface area contributed by atoms with Crippen molar-refractivity contribution in [2.24, 2.45) is 0 Å². The topological polar surface area (TPSA) is 87.9 Å². The van der Waals surface area contributed by atoms with Gasteiger partial charge in [0, 0.05) is 13.0 Å². The molecule has 3 amide bonds. The van der Waals surface area contributed by atoms with Crippen LogP contribution in [0.2, 0.25) is 0 Å². The van der Waals surface area contributed by atoms with Crippen molar-refractivity contribution in [1.82, 2.24) is 19.5 Å². The maximum atomic E-state index is 12.2. The Bertz CT molecular complexity index is 823. The van der Waals surface area contributed by atoms with Crippen LogP contribution in [0.25, 0.3) is 5.65 Å². The highest BCUT2D eigenvalue weighted by Gasteiger charge is 2.37. The molecule has 0 unspecified atom stereocenters. The lowest BCUT2D eigenvalue weighted by atomic mass is 10.2. The lowest BCUT2D eigenvalue weighted by Crippen LogP contribution is -2.30. The zero-order valence-corrected chi connectivity index (χ0v) is 11.9. The molecule has 8 heteroatoms. The number of fused-ring (bicyclic) bond motifs is 1. The Kier molecular flexibility index (Phi) is 2.56. The molecule has 2 aromatic heterocycles. The van der Waals surface area contributed by atoms with Gasteiger partial charge in [-0.3, -0.25) is 19.4 Å². The number of aromatic nitrogens is 3. The molecule has 4 rings (SSSR count). The maximum Gasteiger partial charge on any atom is 0.331 e. The summed E-state index contributed by atoms with van der Waals surface area (Å²) in [4.78, 5) is 41.6. The van der Waals surface area contributed by atoms with Crippen LogP contribution in [0.15, 0.2) is 12.3 Å². The van der Waals surface area contributed by atoms with Crippen LogP contribution < -0.4 is 4.90 Å². The quantitative estimate of drug-likeness (QED) is 0.618. The summed E-state index contributed by atoms with van der Waals surface area (Å²) in [5, 5.41) is 4.46. The first-order valence-corrected chi connectivity index (χ1v) is 7.02. The van der Waals surface area contributed by atoms with E-state index < -0.39 is 6.03 Å². The van der Waals surface area contributed by atoms with Gasteiger partial charge < -0.3 is 0 Å². The van der Waals surface area contributed by atoms with Gasteiger partial charge in [-0.2, -0.15) is 5.10 Å². The zero-order chi connectivity index (χ0) is 15.4. The van der Waals surface area contributed by atoms with Crippen LogP contribution in [-0.2, 0) is 4.79 Å². The second-order valence-corrected chi connectivity index (χ2v) is 5.60. The Hall–Kier alpha value is -2.77. The summed E-state index contributed by atoms with van der Waals surface area (Å²) in [5.74, 6) is 0.103. The van der Waals surface area contributed by atoms with Crippen molar-refractivity contribution in [3.63, 3.8) is 0 Å². The Morgan fingerprint density at radius 1 is 1.32 bits per heavy atom. The van der Waals surface area contributed by atoms with Crippen molar-refractivity contribution in [3.05, 3.63) is 23.7 Å². The summed E-state index contributed by atoms with van der Waals surface area (Å²) >= 11 is 0. The van der Waals surface area contributed by atoms with E-state index in [1.807, 2.05) is 0 Å². The number of amides is 3. The third-order valence-corrected chi connectivity index (χ3v) is 4.04. The van der Waals surface area contributed by atoms with Crippen molar-refractivity contribution in [2.75, 3.05) is 18.5 Å². The molecule has 1 aliphatic carbocycles. The van der Waals surface area contributed by atoms with Gasteiger partial charge in [-0.1, -0.05) is 0 Å². The zero-order valence-electron chi connectivity index (χ0n) is 11.9. The highest BCUT2D eigenvalue weighted by Crippen LogP contribution is 2.40. The molecule has 1 saturated carbocycles. The molecule has 1 aliphatic heterocycles. The van der Waals surface area contributed by atoms with Crippen LogP contribution in [0.4, 0.5) is 10.5 Å². The van der Waals surface area contributed by atoms with Crippen LogP contribution in [0.5, 0.6) is 0 Å². The summed E-state index contributed by atoms with van der Waals surface area (Å²) in [5.41, 5.74) is 2.02. The van der Waals surface area contributed by atoms with Gasteiger partial charge in [0.05, 0.1) is 17.6 Å². The minimum absolute atomic E-state index is 0.0254. The van der Waals surface area contributed by atoms with Crippen molar-refractivity contribution in [2.45, 2.75) is 18.8 Å². The first kappa shape index (κ1) is 12.9. The van der Waals surface area contributed by atoms with E-state index in [1.54, 1.807) is 6.07 Å². The number of urea groups is 1. The first-order chi connectivity index (χ1) is 10.6. The van der Waals surface area contributed by atoms with Crippen molar-refractivity contribution >= 4 is 29.6 Å². The van der Waals surface area contributed by atoms with Gasteiger partial charge in [-0.15, -0.1) is 0 Å². The molecule has 2 aromatic rings. The number of aldehydes is 1. The first-order valence-electron chi connectivity index (χ1n) is 7.02. The normalized spacial score (nSPS) is 18.6. The predicted octanol–water partition coefficient (Wildman–Crippen LogP) is 0.818. The number of carbonyl (C=O) groups excluding carboxylic acids is 3. The molecule has 2 aliphatic rings. The summed E-state index contributed by atoms with van der Waals surface area (Å²) in [6.45, 7) is -0.0254. The fraction of sp³-hybridized carbons (Fsp3) is 0.357. The van der Waals surface area contributed by atoms with Crippen LogP contribution in [0.1, 0.15) is 34.9 Å². The van der Waals surface area contributed by atoms with Gasteiger partial charge >= 0.3 is 6.03 Å². The van der Waals surface area contributed by atoms with Gasteiger partial charge in [-0.05, 0) is 18.9 Å². The van der Waals surface area contributed by atoms with Crippen LogP contribution in [0.3, 0.4) is 0 Å². The molecule has 2 fully saturated rings. The summed E-state index contributed by atoms with van der Waals surface area (Å²) in [6, 6.07) is 1.41.